The summed E-state index contributed by atoms with van der Waals surface area (Å²) in [6.07, 6.45) is 2.49. The maximum absolute atomic E-state index is 12.5. The molecule has 0 aliphatic carbocycles. The number of aliphatic carboxylic acids is 1. The predicted molar refractivity (Wildman–Crippen MR) is 98.7 cm³/mol. The highest BCUT2D eigenvalue weighted by atomic mass is 35.5. The number of carbonyl (C=O) groups is 2. The maximum atomic E-state index is 12.5. The number of halogens is 2. The number of hydrogen-bond acceptors (Lipinski definition) is 3. The van der Waals surface area contributed by atoms with Gasteiger partial charge in [0.2, 0.25) is 0 Å². The number of aromatic nitrogens is 2. The Morgan fingerprint density at radius 1 is 1.19 bits per heavy atom. The number of anilines is 1. The van der Waals surface area contributed by atoms with Gasteiger partial charge in [0.25, 0.3) is 0 Å². The largest absolute Gasteiger partial charge is 0.481 e. The molecule has 1 saturated heterocycles. The number of nitrogens with one attached hydrogen (secondary N) is 1. The molecule has 1 aromatic heterocycles. The Morgan fingerprint density at radius 2 is 1.85 bits per heavy atom. The van der Waals surface area contributed by atoms with E-state index in [1.807, 2.05) is 0 Å². The first-order chi connectivity index (χ1) is 12.5. The molecule has 1 aliphatic rings. The van der Waals surface area contributed by atoms with Crippen LogP contribution in [0.3, 0.4) is 0 Å². The van der Waals surface area contributed by atoms with Crippen molar-refractivity contribution in [2.45, 2.75) is 19.4 Å². The zero-order valence-corrected chi connectivity index (χ0v) is 15.4. The lowest BCUT2D eigenvalue weighted by Crippen LogP contribution is -2.42. The Balaban J connectivity index is 1.66. The molecule has 138 valence electrons. The van der Waals surface area contributed by atoms with Crippen LogP contribution in [0.4, 0.5) is 10.6 Å². The van der Waals surface area contributed by atoms with Gasteiger partial charge in [0.15, 0.2) is 0 Å². The van der Waals surface area contributed by atoms with Crippen LogP contribution in [-0.2, 0) is 11.3 Å². The van der Waals surface area contributed by atoms with Crippen molar-refractivity contribution in [3.63, 3.8) is 0 Å². The summed E-state index contributed by atoms with van der Waals surface area (Å²) < 4.78 is 1.61. The van der Waals surface area contributed by atoms with Gasteiger partial charge in [-0.1, -0.05) is 29.3 Å². The van der Waals surface area contributed by atoms with E-state index < -0.39 is 5.97 Å². The van der Waals surface area contributed by atoms with Gasteiger partial charge < -0.3 is 10.0 Å². The van der Waals surface area contributed by atoms with Crippen LogP contribution in [0.5, 0.6) is 0 Å². The van der Waals surface area contributed by atoms with E-state index in [0.29, 0.717) is 48.3 Å². The van der Waals surface area contributed by atoms with Crippen molar-refractivity contribution in [3.05, 3.63) is 46.1 Å². The first kappa shape index (κ1) is 18.5. The van der Waals surface area contributed by atoms with Crippen molar-refractivity contribution in [1.29, 1.82) is 0 Å². The average molecular weight is 397 g/mol. The van der Waals surface area contributed by atoms with E-state index in [-0.39, 0.29) is 11.9 Å². The third-order valence-electron chi connectivity index (χ3n) is 4.45. The highest BCUT2D eigenvalue weighted by molar-refractivity contribution is 6.35. The normalized spacial score (nSPS) is 15.1. The molecule has 0 unspecified atom stereocenters. The van der Waals surface area contributed by atoms with Gasteiger partial charge in [-0.15, -0.1) is 0 Å². The first-order valence-electron chi connectivity index (χ1n) is 8.19. The molecule has 9 heteroatoms. The van der Waals surface area contributed by atoms with Gasteiger partial charge in [0, 0.05) is 34.8 Å². The molecule has 3 rings (SSSR count). The molecule has 2 heterocycles. The standard InChI is InChI=1S/C17H18Cl2N4O3/c18-13-2-1-3-14(19)12(13)10-23-15(4-7-20-23)21-17(26)22-8-5-11(6-9-22)16(24)25/h1-4,7,11H,5-6,8-10H2,(H,21,26)(H,24,25). The topological polar surface area (TPSA) is 87.5 Å². The molecular weight excluding hydrogens is 379 g/mol. The van der Waals surface area contributed by atoms with Gasteiger partial charge in [-0.05, 0) is 25.0 Å². The smallest absolute Gasteiger partial charge is 0.322 e. The monoisotopic (exact) mass is 396 g/mol. The van der Waals surface area contributed by atoms with Crippen LogP contribution < -0.4 is 5.32 Å². The number of carboxylic acid groups (broad SMARTS) is 1. The van der Waals surface area contributed by atoms with Crippen LogP contribution >= 0.6 is 23.2 Å². The van der Waals surface area contributed by atoms with E-state index in [0.717, 1.165) is 5.56 Å². The quantitative estimate of drug-likeness (QED) is 0.826. The third kappa shape index (κ3) is 4.11. The minimum atomic E-state index is -0.806. The number of carbonyl (C=O) groups excluding carboxylic acids is 1. The summed E-state index contributed by atoms with van der Waals surface area (Å²) in [6, 6.07) is 6.67. The number of hydrogen-bond donors (Lipinski definition) is 2. The molecule has 0 spiro atoms. The van der Waals surface area contributed by atoms with Gasteiger partial charge in [-0.2, -0.15) is 5.10 Å². The van der Waals surface area contributed by atoms with Crippen LogP contribution in [-0.4, -0.2) is 44.9 Å². The van der Waals surface area contributed by atoms with Crippen LogP contribution in [0.2, 0.25) is 10.0 Å². The van der Waals surface area contributed by atoms with Crippen molar-refractivity contribution in [1.82, 2.24) is 14.7 Å². The summed E-state index contributed by atoms with van der Waals surface area (Å²) in [5.74, 6) is -0.668. The number of carboxylic acids is 1. The SMILES string of the molecule is O=C(O)C1CCN(C(=O)Nc2ccnn2Cc2c(Cl)cccc2Cl)CC1. The number of likely N-dealkylation sites (tertiary alicyclic amines) is 1. The summed E-state index contributed by atoms with van der Waals surface area (Å²) in [7, 11) is 0. The Morgan fingerprint density at radius 3 is 2.46 bits per heavy atom. The molecule has 0 bridgehead atoms. The minimum absolute atomic E-state index is 0.277. The molecule has 26 heavy (non-hydrogen) atoms. The Kier molecular flexibility index (Phi) is 5.68. The number of benzene rings is 1. The van der Waals surface area contributed by atoms with E-state index in [4.69, 9.17) is 28.3 Å². The predicted octanol–water partition coefficient (Wildman–Crippen LogP) is 3.57. The van der Waals surface area contributed by atoms with Gasteiger partial charge in [-0.25, -0.2) is 9.48 Å². The molecule has 1 aromatic carbocycles. The van der Waals surface area contributed by atoms with Crippen LogP contribution in [0.1, 0.15) is 18.4 Å². The molecule has 2 amide bonds. The van der Waals surface area contributed by atoms with Crippen LogP contribution in [0, 0.1) is 5.92 Å². The molecular formula is C17H18Cl2N4O3. The average Bonchev–Trinajstić information content (AvgIpc) is 3.05. The Hall–Kier alpha value is -2.25. The lowest BCUT2D eigenvalue weighted by molar-refractivity contribution is -0.143. The molecule has 0 atom stereocenters. The number of piperidine rings is 1. The molecule has 7 nitrogen and oxygen atoms in total. The molecule has 1 aliphatic heterocycles. The lowest BCUT2D eigenvalue weighted by Gasteiger charge is -2.30. The highest BCUT2D eigenvalue weighted by Crippen LogP contribution is 2.26. The van der Waals surface area contributed by atoms with Crippen LogP contribution in [0.15, 0.2) is 30.5 Å². The summed E-state index contributed by atoms with van der Waals surface area (Å²) in [5.41, 5.74) is 0.720. The van der Waals surface area contributed by atoms with Gasteiger partial charge in [0.05, 0.1) is 18.7 Å². The number of rotatable bonds is 4. The maximum Gasteiger partial charge on any atom is 0.322 e. The van der Waals surface area contributed by atoms with E-state index in [1.165, 1.54) is 0 Å². The van der Waals surface area contributed by atoms with E-state index >= 15 is 0 Å². The van der Waals surface area contributed by atoms with Crippen LogP contribution in [0.25, 0.3) is 0 Å². The zero-order chi connectivity index (χ0) is 18.7. The summed E-state index contributed by atoms with van der Waals surface area (Å²) >= 11 is 12.4. The number of nitrogens with zero attached hydrogens (tertiary/aromatic N) is 3. The molecule has 0 radical (unpaired) electrons. The summed E-state index contributed by atoms with van der Waals surface area (Å²) in [4.78, 5) is 25.1. The fourth-order valence-corrected chi connectivity index (χ4v) is 3.43. The van der Waals surface area contributed by atoms with Gasteiger partial charge in [0.1, 0.15) is 5.82 Å². The zero-order valence-electron chi connectivity index (χ0n) is 13.9. The summed E-state index contributed by atoms with van der Waals surface area (Å²) in [6.45, 7) is 1.14. The Labute approximate surface area is 160 Å². The second-order valence-corrected chi connectivity index (χ2v) is 6.92. The number of urea groups is 1. The molecule has 2 N–H and O–H groups in total. The van der Waals surface area contributed by atoms with Crippen molar-refractivity contribution < 1.29 is 14.7 Å². The number of amides is 2. The van der Waals surface area contributed by atoms with E-state index in [1.54, 1.807) is 40.0 Å². The van der Waals surface area contributed by atoms with Gasteiger partial charge >= 0.3 is 12.0 Å². The second-order valence-electron chi connectivity index (χ2n) is 6.10. The molecule has 0 saturated carbocycles. The Bertz CT molecular complexity index is 796. The first-order valence-corrected chi connectivity index (χ1v) is 8.94. The molecule has 1 fully saturated rings. The van der Waals surface area contributed by atoms with Crippen molar-refractivity contribution >= 4 is 41.0 Å². The fourth-order valence-electron chi connectivity index (χ4n) is 2.92. The molecule has 2 aromatic rings. The third-order valence-corrected chi connectivity index (χ3v) is 5.16. The summed E-state index contributed by atoms with van der Waals surface area (Å²) in [5, 5.41) is 17.1. The highest BCUT2D eigenvalue weighted by Gasteiger charge is 2.27. The van der Waals surface area contributed by atoms with E-state index in [9.17, 15) is 9.59 Å². The van der Waals surface area contributed by atoms with Crippen molar-refractivity contribution in [3.8, 4) is 0 Å². The van der Waals surface area contributed by atoms with Gasteiger partial charge in [-0.3, -0.25) is 10.1 Å². The lowest BCUT2D eigenvalue weighted by atomic mass is 9.97. The van der Waals surface area contributed by atoms with Crippen molar-refractivity contribution in [2.75, 3.05) is 18.4 Å². The fraction of sp³-hybridized carbons (Fsp3) is 0.353. The second kappa shape index (κ2) is 7.97. The van der Waals surface area contributed by atoms with E-state index in [2.05, 4.69) is 10.4 Å². The minimum Gasteiger partial charge on any atom is -0.481 e. The van der Waals surface area contributed by atoms with Crippen molar-refractivity contribution in [2.24, 2.45) is 5.92 Å².